The molecule has 1 aromatic heterocycles. The van der Waals surface area contributed by atoms with Gasteiger partial charge in [0.05, 0.1) is 11.0 Å². The third-order valence-corrected chi connectivity index (χ3v) is 4.38. The molecule has 0 aliphatic rings. The minimum Gasteiger partial charge on any atom is -0.451 e. The number of nitrogens with one attached hydrogen (secondary N) is 1. The van der Waals surface area contributed by atoms with Gasteiger partial charge in [-0.25, -0.2) is 0 Å². The Morgan fingerprint density at radius 1 is 1.05 bits per heavy atom. The van der Waals surface area contributed by atoms with Crippen LogP contribution in [0, 0.1) is 0 Å². The summed E-state index contributed by atoms with van der Waals surface area (Å²) in [6, 6.07) is 6.24. The average Bonchev–Trinajstić information content (AvgIpc) is 2.75. The first-order valence-electron chi connectivity index (χ1n) is 5.79. The van der Waals surface area contributed by atoms with Crippen molar-refractivity contribution in [3.63, 3.8) is 0 Å². The van der Waals surface area contributed by atoms with Gasteiger partial charge in [-0.05, 0) is 56.1 Å². The Morgan fingerprint density at radius 2 is 1.62 bits per heavy atom. The molecule has 5 N–H and O–H groups in total. The average molecular weight is 417 g/mol. The van der Waals surface area contributed by atoms with Gasteiger partial charge in [0, 0.05) is 16.8 Å². The Morgan fingerprint density at radius 3 is 2.05 bits per heavy atom. The molecule has 6 nitrogen and oxygen atoms in total. The van der Waals surface area contributed by atoms with E-state index in [1.165, 1.54) is 6.07 Å². The molecule has 0 spiro atoms. The molecule has 0 aliphatic heterocycles. The van der Waals surface area contributed by atoms with E-state index in [0.717, 1.165) is 4.47 Å². The maximum Gasteiger partial charge on any atom is 0.248 e. The highest BCUT2D eigenvalue weighted by Crippen LogP contribution is 2.27. The topological polar surface area (TPSA) is 111 Å². The van der Waals surface area contributed by atoms with Gasteiger partial charge in [0.25, 0.3) is 0 Å². The van der Waals surface area contributed by atoms with E-state index < -0.39 is 11.8 Å². The third-order valence-electron chi connectivity index (χ3n) is 2.66. The Kier molecular flexibility index (Phi) is 4.69. The Bertz CT molecular complexity index is 661. The zero-order valence-electron chi connectivity index (χ0n) is 10.7. The number of primary amides is 2. The number of amides is 2. The number of rotatable bonds is 5. The van der Waals surface area contributed by atoms with Crippen molar-refractivity contribution in [2.75, 3.05) is 5.32 Å². The van der Waals surface area contributed by atoms with Crippen molar-refractivity contribution >= 4 is 49.4 Å². The molecule has 2 rings (SSSR count). The molecule has 110 valence electrons. The molecule has 0 atom stereocenters. The van der Waals surface area contributed by atoms with Gasteiger partial charge >= 0.3 is 0 Å². The minimum atomic E-state index is -0.635. The highest BCUT2D eigenvalue weighted by molar-refractivity contribution is 9.13. The molecule has 21 heavy (non-hydrogen) atoms. The van der Waals surface area contributed by atoms with E-state index in [2.05, 4.69) is 37.2 Å². The second kappa shape index (κ2) is 6.31. The second-order valence-corrected chi connectivity index (χ2v) is 5.79. The molecule has 0 saturated carbocycles. The summed E-state index contributed by atoms with van der Waals surface area (Å²) in [4.78, 5) is 22.5. The third kappa shape index (κ3) is 3.85. The predicted molar refractivity (Wildman–Crippen MR) is 84.9 cm³/mol. The number of hydrogen-bond acceptors (Lipinski definition) is 4. The number of anilines is 1. The van der Waals surface area contributed by atoms with E-state index in [1.807, 2.05) is 0 Å². The van der Waals surface area contributed by atoms with Crippen molar-refractivity contribution in [1.29, 1.82) is 0 Å². The SMILES string of the molecule is NC(=O)c1cc(NCc2cc(Br)c(Br)o2)cc(C(N)=O)c1. The van der Waals surface area contributed by atoms with Crippen molar-refractivity contribution < 1.29 is 14.0 Å². The first kappa shape index (κ1) is 15.6. The molecular formula is C13H11Br2N3O3. The van der Waals surface area contributed by atoms with Gasteiger partial charge in [-0.2, -0.15) is 0 Å². The van der Waals surface area contributed by atoms with Gasteiger partial charge in [0.15, 0.2) is 4.67 Å². The maximum atomic E-state index is 11.3. The lowest BCUT2D eigenvalue weighted by molar-refractivity contribution is 0.0999. The molecule has 0 bridgehead atoms. The lowest BCUT2D eigenvalue weighted by Crippen LogP contribution is -2.16. The first-order chi connectivity index (χ1) is 9.86. The van der Waals surface area contributed by atoms with Gasteiger partial charge in [-0.1, -0.05) is 0 Å². The van der Waals surface area contributed by atoms with Crippen LogP contribution in [0.5, 0.6) is 0 Å². The standard InChI is InChI=1S/C13H11Br2N3O3/c14-10-4-9(21-11(10)15)5-18-8-2-6(12(16)19)1-7(3-8)13(17)20/h1-4,18H,5H2,(H2,16,19)(H2,17,20). The van der Waals surface area contributed by atoms with E-state index in [0.29, 0.717) is 22.7 Å². The summed E-state index contributed by atoms with van der Waals surface area (Å²) in [5.74, 6) is -0.604. The lowest BCUT2D eigenvalue weighted by Gasteiger charge is -2.08. The zero-order chi connectivity index (χ0) is 15.6. The fourth-order valence-corrected chi connectivity index (χ4v) is 2.34. The fourth-order valence-electron chi connectivity index (χ4n) is 1.68. The molecular weight excluding hydrogens is 406 g/mol. The number of nitrogens with two attached hydrogens (primary N) is 2. The summed E-state index contributed by atoms with van der Waals surface area (Å²) in [5, 5.41) is 3.04. The number of carbonyl (C=O) groups excluding carboxylic acids is 2. The van der Waals surface area contributed by atoms with Crippen molar-refractivity contribution in [1.82, 2.24) is 0 Å². The molecule has 0 radical (unpaired) electrons. The van der Waals surface area contributed by atoms with Gasteiger partial charge in [0.2, 0.25) is 11.8 Å². The van der Waals surface area contributed by atoms with E-state index in [1.54, 1.807) is 18.2 Å². The van der Waals surface area contributed by atoms with Crippen LogP contribution in [-0.4, -0.2) is 11.8 Å². The summed E-state index contributed by atoms with van der Waals surface area (Å²) in [6.45, 7) is 0.366. The molecule has 0 unspecified atom stereocenters. The highest BCUT2D eigenvalue weighted by atomic mass is 79.9. The van der Waals surface area contributed by atoms with Crippen LogP contribution in [0.15, 0.2) is 37.8 Å². The van der Waals surface area contributed by atoms with Gasteiger partial charge in [-0.15, -0.1) is 0 Å². The molecule has 0 saturated heterocycles. The van der Waals surface area contributed by atoms with Crippen molar-refractivity contribution in [2.45, 2.75) is 6.54 Å². The van der Waals surface area contributed by atoms with Crippen LogP contribution in [0.3, 0.4) is 0 Å². The van der Waals surface area contributed by atoms with Gasteiger partial charge < -0.3 is 21.2 Å². The van der Waals surface area contributed by atoms with Crippen molar-refractivity contribution in [3.05, 3.63) is 50.3 Å². The minimum absolute atomic E-state index is 0.204. The smallest absolute Gasteiger partial charge is 0.248 e. The second-order valence-electron chi connectivity index (χ2n) is 4.22. The van der Waals surface area contributed by atoms with Crippen LogP contribution in [0.25, 0.3) is 0 Å². The molecule has 2 aromatic rings. The summed E-state index contributed by atoms with van der Waals surface area (Å²) in [5.41, 5.74) is 11.4. The number of furan rings is 1. The quantitative estimate of drug-likeness (QED) is 0.695. The molecule has 1 aromatic carbocycles. The summed E-state index contributed by atoms with van der Waals surface area (Å²) in [6.07, 6.45) is 0. The molecule has 8 heteroatoms. The van der Waals surface area contributed by atoms with Gasteiger partial charge in [0.1, 0.15) is 5.76 Å². The van der Waals surface area contributed by atoms with Crippen LogP contribution in [0.2, 0.25) is 0 Å². The Hall–Kier alpha value is -1.80. The summed E-state index contributed by atoms with van der Waals surface area (Å²) >= 11 is 6.55. The van der Waals surface area contributed by atoms with Crippen molar-refractivity contribution in [3.8, 4) is 0 Å². The van der Waals surface area contributed by atoms with Crippen LogP contribution >= 0.6 is 31.9 Å². The monoisotopic (exact) mass is 415 g/mol. The summed E-state index contributed by atoms with van der Waals surface area (Å²) < 4.78 is 6.80. The van der Waals surface area contributed by atoms with Gasteiger partial charge in [-0.3, -0.25) is 9.59 Å². The van der Waals surface area contributed by atoms with E-state index in [-0.39, 0.29) is 11.1 Å². The first-order valence-corrected chi connectivity index (χ1v) is 7.37. The molecule has 1 heterocycles. The van der Waals surface area contributed by atoms with E-state index in [9.17, 15) is 9.59 Å². The zero-order valence-corrected chi connectivity index (χ0v) is 13.8. The number of halogens is 2. The van der Waals surface area contributed by atoms with Crippen LogP contribution in [0.4, 0.5) is 5.69 Å². The molecule has 0 fully saturated rings. The number of carbonyl (C=O) groups is 2. The van der Waals surface area contributed by atoms with Crippen LogP contribution in [-0.2, 0) is 6.54 Å². The van der Waals surface area contributed by atoms with Crippen LogP contribution in [0.1, 0.15) is 26.5 Å². The maximum absolute atomic E-state index is 11.3. The number of hydrogen-bond donors (Lipinski definition) is 3. The lowest BCUT2D eigenvalue weighted by atomic mass is 10.1. The predicted octanol–water partition coefficient (Wildman–Crippen LogP) is 2.61. The highest BCUT2D eigenvalue weighted by Gasteiger charge is 2.10. The van der Waals surface area contributed by atoms with E-state index in [4.69, 9.17) is 15.9 Å². The Labute approximate surface area is 137 Å². The number of benzene rings is 1. The Balaban J connectivity index is 2.22. The van der Waals surface area contributed by atoms with E-state index >= 15 is 0 Å². The summed E-state index contributed by atoms with van der Waals surface area (Å²) in [7, 11) is 0. The fraction of sp³-hybridized carbons (Fsp3) is 0.0769. The largest absolute Gasteiger partial charge is 0.451 e. The molecule has 2 amide bonds. The van der Waals surface area contributed by atoms with Crippen molar-refractivity contribution in [2.24, 2.45) is 11.5 Å². The molecule has 0 aliphatic carbocycles. The van der Waals surface area contributed by atoms with Crippen LogP contribution < -0.4 is 16.8 Å². The normalized spacial score (nSPS) is 10.4.